The van der Waals surface area contributed by atoms with Crippen LogP contribution in [-0.2, 0) is 4.84 Å². The Morgan fingerprint density at radius 2 is 2.31 bits per heavy atom. The maximum atomic E-state index is 5.53. The largest absolute Gasteiger partial charge is 0.388 e. The molecule has 1 rings (SSSR count). The van der Waals surface area contributed by atoms with E-state index in [-0.39, 0.29) is 5.60 Å². The monoisotopic (exact) mass is 184 g/mol. The number of hydrogen-bond donors (Lipinski definition) is 1. The van der Waals surface area contributed by atoms with Crippen LogP contribution in [0, 0.1) is 5.92 Å². The number of hydrogen-bond acceptors (Lipinski definition) is 3. The first kappa shape index (κ1) is 10.5. The lowest BCUT2D eigenvalue weighted by atomic mass is 9.90. The van der Waals surface area contributed by atoms with Gasteiger partial charge in [0.25, 0.3) is 0 Å². The van der Waals surface area contributed by atoms with E-state index in [0.29, 0.717) is 5.92 Å². The lowest BCUT2D eigenvalue weighted by molar-refractivity contribution is -0.0191. The van der Waals surface area contributed by atoms with Crippen LogP contribution >= 0.6 is 0 Å². The quantitative estimate of drug-likeness (QED) is 0.722. The van der Waals surface area contributed by atoms with Crippen molar-refractivity contribution in [2.24, 2.45) is 11.1 Å². The van der Waals surface area contributed by atoms with Crippen LogP contribution < -0.4 is 5.32 Å². The van der Waals surface area contributed by atoms with E-state index in [1.807, 2.05) is 7.05 Å². The van der Waals surface area contributed by atoms with Crippen molar-refractivity contribution >= 4 is 5.71 Å². The van der Waals surface area contributed by atoms with E-state index in [4.69, 9.17) is 4.84 Å². The van der Waals surface area contributed by atoms with Gasteiger partial charge in [0, 0.05) is 13.0 Å². The Kier molecular flexibility index (Phi) is 3.31. The summed E-state index contributed by atoms with van der Waals surface area (Å²) in [6.07, 6.45) is 1.98. The third-order valence-corrected chi connectivity index (χ3v) is 2.67. The fraction of sp³-hybridized carbons (Fsp3) is 0.900. The first-order chi connectivity index (χ1) is 6.13. The van der Waals surface area contributed by atoms with E-state index in [0.717, 1.165) is 19.4 Å². The van der Waals surface area contributed by atoms with Crippen molar-refractivity contribution in [2.75, 3.05) is 13.6 Å². The highest BCUT2D eigenvalue weighted by Crippen LogP contribution is 2.29. The average molecular weight is 184 g/mol. The van der Waals surface area contributed by atoms with E-state index in [1.165, 1.54) is 5.71 Å². The van der Waals surface area contributed by atoms with Crippen molar-refractivity contribution < 1.29 is 4.84 Å². The standard InChI is InChI=1S/C10H20N2O/c1-5-10(7-11-4)6-9(8(2)3)12-13-10/h8,11H,5-7H2,1-4H3. The van der Waals surface area contributed by atoms with Crippen LogP contribution in [0.5, 0.6) is 0 Å². The molecule has 13 heavy (non-hydrogen) atoms. The number of likely N-dealkylation sites (N-methyl/N-ethyl adjacent to an activating group) is 1. The zero-order valence-electron chi connectivity index (χ0n) is 9.05. The summed E-state index contributed by atoms with van der Waals surface area (Å²) in [6.45, 7) is 7.35. The summed E-state index contributed by atoms with van der Waals surface area (Å²) in [5, 5.41) is 7.32. The van der Waals surface area contributed by atoms with Crippen molar-refractivity contribution in [2.45, 2.75) is 39.2 Å². The van der Waals surface area contributed by atoms with Crippen molar-refractivity contribution in [1.29, 1.82) is 0 Å². The first-order valence-corrected chi connectivity index (χ1v) is 5.03. The van der Waals surface area contributed by atoms with Gasteiger partial charge in [0.2, 0.25) is 0 Å². The van der Waals surface area contributed by atoms with Crippen LogP contribution in [0.4, 0.5) is 0 Å². The predicted octanol–water partition coefficient (Wildman–Crippen LogP) is 1.79. The minimum Gasteiger partial charge on any atom is -0.388 e. The normalized spacial score (nSPS) is 27.6. The zero-order chi connectivity index (χ0) is 9.90. The Bertz CT molecular complexity index is 201. The van der Waals surface area contributed by atoms with Gasteiger partial charge in [-0.3, -0.25) is 0 Å². The third kappa shape index (κ3) is 2.21. The van der Waals surface area contributed by atoms with Crippen molar-refractivity contribution in [3.8, 4) is 0 Å². The first-order valence-electron chi connectivity index (χ1n) is 5.03. The van der Waals surface area contributed by atoms with E-state index < -0.39 is 0 Å². The molecule has 0 aromatic rings. The molecule has 0 bridgehead atoms. The van der Waals surface area contributed by atoms with Crippen LogP contribution in [0.3, 0.4) is 0 Å². The van der Waals surface area contributed by atoms with Gasteiger partial charge in [-0.1, -0.05) is 25.9 Å². The molecule has 1 aliphatic heterocycles. The van der Waals surface area contributed by atoms with Crippen LogP contribution in [0.15, 0.2) is 5.16 Å². The Morgan fingerprint density at radius 3 is 2.69 bits per heavy atom. The Morgan fingerprint density at radius 1 is 1.62 bits per heavy atom. The Hall–Kier alpha value is -0.570. The minimum atomic E-state index is -0.0750. The number of nitrogens with one attached hydrogen (secondary N) is 1. The van der Waals surface area contributed by atoms with Gasteiger partial charge >= 0.3 is 0 Å². The molecule has 3 nitrogen and oxygen atoms in total. The summed E-state index contributed by atoms with van der Waals surface area (Å²) in [5.74, 6) is 0.505. The second kappa shape index (κ2) is 4.09. The van der Waals surface area contributed by atoms with Crippen LogP contribution in [0.1, 0.15) is 33.6 Å². The third-order valence-electron chi connectivity index (χ3n) is 2.67. The topological polar surface area (TPSA) is 33.6 Å². The highest BCUT2D eigenvalue weighted by molar-refractivity contribution is 5.87. The second-order valence-corrected chi connectivity index (χ2v) is 4.07. The highest BCUT2D eigenvalue weighted by Gasteiger charge is 2.37. The zero-order valence-corrected chi connectivity index (χ0v) is 9.05. The van der Waals surface area contributed by atoms with Gasteiger partial charge in [-0.25, -0.2) is 0 Å². The van der Waals surface area contributed by atoms with Gasteiger partial charge in [0.15, 0.2) is 5.60 Å². The summed E-state index contributed by atoms with van der Waals surface area (Å²) in [6, 6.07) is 0. The van der Waals surface area contributed by atoms with Crippen molar-refractivity contribution in [1.82, 2.24) is 5.32 Å². The molecule has 1 heterocycles. The smallest absolute Gasteiger partial charge is 0.155 e. The van der Waals surface area contributed by atoms with Gasteiger partial charge in [0.1, 0.15) is 0 Å². The molecule has 1 atom stereocenters. The van der Waals surface area contributed by atoms with Crippen LogP contribution in [0.2, 0.25) is 0 Å². The maximum absolute atomic E-state index is 5.53. The second-order valence-electron chi connectivity index (χ2n) is 4.07. The molecular weight excluding hydrogens is 164 g/mol. The number of oxime groups is 1. The van der Waals surface area contributed by atoms with E-state index in [9.17, 15) is 0 Å². The molecule has 1 unspecified atom stereocenters. The number of nitrogens with zero attached hydrogens (tertiary/aromatic N) is 1. The molecule has 0 spiro atoms. The fourth-order valence-electron chi connectivity index (χ4n) is 1.59. The van der Waals surface area contributed by atoms with Gasteiger partial charge in [-0.05, 0) is 19.4 Å². The molecule has 0 amide bonds. The molecule has 0 radical (unpaired) electrons. The van der Waals surface area contributed by atoms with Gasteiger partial charge in [-0.15, -0.1) is 0 Å². The Balaban J connectivity index is 2.58. The van der Waals surface area contributed by atoms with E-state index >= 15 is 0 Å². The maximum Gasteiger partial charge on any atom is 0.155 e. The summed E-state index contributed by atoms with van der Waals surface area (Å²) in [5.41, 5.74) is 1.12. The fourth-order valence-corrected chi connectivity index (χ4v) is 1.59. The predicted molar refractivity (Wildman–Crippen MR) is 54.9 cm³/mol. The average Bonchev–Trinajstić information content (AvgIpc) is 2.51. The Labute approximate surface area is 80.5 Å². The summed E-state index contributed by atoms with van der Waals surface area (Å²) < 4.78 is 0. The molecule has 0 aliphatic carbocycles. The number of rotatable bonds is 4. The summed E-state index contributed by atoms with van der Waals surface area (Å²) in [7, 11) is 1.95. The molecule has 3 heteroatoms. The molecule has 0 saturated carbocycles. The van der Waals surface area contributed by atoms with Crippen LogP contribution in [-0.4, -0.2) is 24.9 Å². The van der Waals surface area contributed by atoms with Crippen molar-refractivity contribution in [3.05, 3.63) is 0 Å². The lowest BCUT2D eigenvalue weighted by Crippen LogP contribution is -2.39. The lowest BCUT2D eigenvalue weighted by Gasteiger charge is -2.24. The van der Waals surface area contributed by atoms with E-state index in [1.54, 1.807) is 0 Å². The molecule has 0 aromatic heterocycles. The van der Waals surface area contributed by atoms with Crippen LogP contribution in [0.25, 0.3) is 0 Å². The molecule has 1 N–H and O–H groups in total. The molecule has 76 valence electrons. The molecule has 0 fully saturated rings. The molecule has 1 aliphatic rings. The van der Waals surface area contributed by atoms with Crippen molar-refractivity contribution in [3.63, 3.8) is 0 Å². The van der Waals surface area contributed by atoms with Gasteiger partial charge in [0.05, 0.1) is 5.71 Å². The summed E-state index contributed by atoms with van der Waals surface area (Å²) >= 11 is 0. The summed E-state index contributed by atoms with van der Waals surface area (Å²) in [4.78, 5) is 5.53. The van der Waals surface area contributed by atoms with E-state index in [2.05, 4.69) is 31.2 Å². The van der Waals surface area contributed by atoms with Gasteiger partial charge < -0.3 is 10.2 Å². The highest BCUT2D eigenvalue weighted by atomic mass is 16.7. The SMILES string of the molecule is CCC1(CNC)CC(C(C)C)=NO1. The molecule has 0 saturated heterocycles. The minimum absolute atomic E-state index is 0.0750. The molecular formula is C10H20N2O. The van der Waals surface area contributed by atoms with Gasteiger partial charge in [-0.2, -0.15) is 0 Å². The molecule has 0 aromatic carbocycles.